The molecule has 0 bridgehead atoms. The number of sulfonamides is 1. The summed E-state index contributed by atoms with van der Waals surface area (Å²) in [4.78, 5) is 15.0. The molecule has 0 atom stereocenters. The Labute approximate surface area is 116 Å². The number of thiophene rings is 1. The van der Waals surface area contributed by atoms with Gasteiger partial charge in [0.05, 0.1) is 0 Å². The number of nitrogens with one attached hydrogen (secondary N) is 2. The molecule has 0 aliphatic rings. The van der Waals surface area contributed by atoms with Crippen LogP contribution in [0.3, 0.4) is 0 Å². The second-order valence-electron chi connectivity index (χ2n) is 3.51. The molecule has 0 radical (unpaired) electrons. The van der Waals surface area contributed by atoms with E-state index in [1.54, 1.807) is 16.9 Å². The van der Waals surface area contributed by atoms with Crippen molar-refractivity contribution in [2.45, 2.75) is 16.8 Å². The van der Waals surface area contributed by atoms with Gasteiger partial charge in [0, 0.05) is 13.0 Å². The number of alkyl halides is 3. The van der Waals surface area contributed by atoms with Crippen LogP contribution in [0.15, 0.2) is 21.7 Å². The van der Waals surface area contributed by atoms with Gasteiger partial charge >= 0.3 is 6.18 Å². The second kappa shape index (κ2) is 7.02. The van der Waals surface area contributed by atoms with Crippen LogP contribution in [0.1, 0.15) is 6.42 Å². The van der Waals surface area contributed by atoms with Crippen molar-refractivity contribution in [3.63, 3.8) is 0 Å². The van der Waals surface area contributed by atoms with Crippen LogP contribution < -0.4 is 10.2 Å². The summed E-state index contributed by atoms with van der Waals surface area (Å²) in [5.41, 5.74) is 1.57. The summed E-state index contributed by atoms with van der Waals surface area (Å²) in [5, 5.41) is 1.58. The van der Waals surface area contributed by atoms with Gasteiger partial charge < -0.3 is 0 Å². The fourth-order valence-corrected chi connectivity index (χ4v) is 3.11. The van der Waals surface area contributed by atoms with E-state index in [2.05, 4.69) is 9.56 Å². The molecule has 0 aromatic carbocycles. The first kappa shape index (κ1) is 16.9. The maximum Gasteiger partial charge on any atom is 0.414 e. The Morgan fingerprint density at radius 2 is 2.10 bits per heavy atom. The molecule has 2 N–H and O–H groups in total. The number of hydrogen-bond acceptors (Lipinski definition) is 5. The van der Waals surface area contributed by atoms with Gasteiger partial charge in [-0.3, -0.25) is 9.63 Å². The van der Waals surface area contributed by atoms with E-state index >= 15 is 0 Å². The second-order valence-corrected chi connectivity index (χ2v) is 6.45. The Morgan fingerprint density at radius 1 is 1.40 bits per heavy atom. The molecule has 0 aliphatic carbocycles. The van der Waals surface area contributed by atoms with Gasteiger partial charge in [-0.05, 0) is 11.4 Å². The highest BCUT2D eigenvalue weighted by Crippen LogP contribution is 2.15. The standard InChI is InChI=1S/C9H11F3N2O4S2/c10-9(11,12)6-18-14-7(15)3-4-13-20(16,17)8-2-1-5-19-8/h1-2,5,13H,3-4,6H2,(H,14,15). The Kier molecular flexibility index (Phi) is 5.92. The molecule has 6 nitrogen and oxygen atoms in total. The maximum absolute atomic E-state index is 11.7. The minimum Gasteiger partial charge on any atom is -0.273 e. The summed E-state index contributed by atoms with van der Waals surface area (Å²) in [7, 11) is -3.69. The van der Waals surface area contributed by atoms with Crippen LogP contribution in [0.5, 0.6) is 0 Å². The molecule has 1 heterocycles. The highest BCUT2D eigenvalue weighted by molar-refractivity contribution is 7.91. The molecule has 0 aliphatic heterocycles. The summed E-state index contributed by atoms with van der Waals surface area (Å²) in [6, 6.07) is 2.94. The fraction of sp³-hybridized carbons (Fsp3) is 0.444. The third-order valence-electron chi connectivity index (χ3n) is 1.83. The Balaban J connectivity index is 2.26. The van der Waals surface area contributed by atoms with Gasteiger partial charge in [0.1, 0.15) is 4.21 Å². The third-order valence-corrected chi connectivity index (χ3v) is 4.68. The van der Waals surface area contributed by atoms with Crippen molar-refractivity contribution in [3.8, 4) is 0 Å². The van der Waals surface area contributed by atoms with Crippen molar-refractivity contribution in [1.29, 1.82) is 0 Å². The quantitative estimate of drug-likeness (QED) is 0.731. The number of hydrogen-bond donors (Lipinski definition) is 2. The molecule has 0 saturated carbocycles. The average Bonchev–Trinajstić information content (AvgIpc) is 2.80. The molecule has 1 aromatic heterocycles. The van der Waals surface area contributed by atoms with Crippen molar-refractivity contribution >= 4 is 27.3 Å². The van der Waals surface area contributed by atoms with E-state index in [4.69, 9.17) is 0 Å². The molecule has 0 fully saturated rings. The Hall–Kier alpha value is -1.17. The zero-order valence-corrected chi connectivity index (χ0v) is 11.6. The van der Waals surface area contributed by atoms with E-state index in [-0.39, 0.29) is 17.2 Å². The lowest BCUT2D eigenvalue weighted by Crippen LogP contribution is -2.32. The number of carbonyl (C=O) groups is 1. The Morgan fingerprint density at radius 3 is 2.65 bits per heavy atom. The van der Waals surface area contributed by atoms with Gasteiger partial charge in [0.15, 0.2) is 6.61 Å². The van der Waals surface area contributed by atoms with Crippen LogP contribution in [-0.4, -0.2) is 33.7 Å². The van der Waals surface area contributed by atoms with E-state index in [1.165, 1.54) is 6.07 Å². The van der Waals surface area contributed by atoms with Gasteiger partial charge in [0.2, 0.25) is 15.9 Å². The van der Waals surface area contributed by atoms with Crippen molar-refractivity contribution in [2.75, 3.05) is 13.2 Å². The summed E-state index contributed by atoms with van der Waals surface area (Å²) in [5.74, 6) is -0.858. The minimum atomic E-state index is -4.55. The fourth-order valence-electron chi connectivity index (χ4n) is 1.04. The van der Waals surface area contributed by atoms with E-state index in [9.17, 15) is 26.4 Å². The lowest BCUT2D eigenvalue weighted by atomic mass is 10.4. The molecule has 0 saturated heterocycles. The first-order chi connectivity index (χ1) is 9.21. The molecule has 1 amide bonds. The van der Waals surface area contributed by atoms with Gasteiger partial charge in [-0.25, -0.2) is 18.6 Å². The largest absolute Gasteiger partial charge is 0.414 e. The molecule has 0 unspecified atom stereocenters. The molecular formula is C9H11F3N2O4S2. The highest BCUT2D eigenvalue weighted by atomic mass is 32.2. The summed E-state index contributed by atoms with van der Waals surface area (Å²) in [6.45, 7) is -1.86. The van der Waals surface area contributed by atoms with Crippen LogP contribution in [0, 0.1) is 0 Å². The minimum absolute atomic E-state index is 0.0891. The zero-order chi connectivity index (χ0) is 15.2. The summed E-state index contributed by atoms with van der Waals surface area (Å²) >= 11 is 1.00. The van der Waals surface area contributed by atoms with Crippen molar-refractivity contribution in [1.82, 2.24) is 10.2 Å². The lowest BCUT2D eigenvalue weighted by molar-refractivity contribution is -0.191. The maximum atomic E-state index is 11.7. The number of hydroxylamine groups is 1. The highest BCUT2D eigenvalue weighted by Gasteiger charge is 2.28. The van der Waals surface area contributed by atoms with Gasteiger partial charge in [-0.15, -0.1) is 11.3 Å². The van der Waals surface area contributed by atoms with Gasteiger partial charge in [-0.2, -0.15) is 13.2 Å². The van der Waals surface area contributed by atoms with Crippen LogP contribution in [-0.2, 0) is 19.7 Å². The zero-order valence-electron chi connectivity index (χ0n) is 9.94. The molecule has 0 spiro atoms. The first-order valence-electron chi connectivity index (χ1n) is 5.21. The first-order valence-corrected chi connectivity index (χ1v) is 7.57. The van der Waals surface area contributed by atoms with E-state index in [0.717, 1.165) is 11.3 Å². The SMILES string of the molecule is O=C(CCNS(=O)(=O)c1cccs1)NOCC(F)(F)F. The average molecular weight is 332 g/mol. The third kappa shape index (κ3) is 6.32. The van der Waals surface area contributed by atoms with E-state index in [1.807, 2.05) is 0 Å². The van der Waals surface area contributed by atoms with Crippen LogP contribution in [0.25, 0.3) is 0 Å². The monoisotopic (exact) mass is 332 g/mol. The summed E-state index contributed by atoms with van der Waals surface area (Å²) < 4.78 is 60.6. The molecule has 20 heavy (non-hydrogen) atoms. The smallest absolute Gasteiger partial charge is 0.273 e. The van der Waals surface area contributed by atoms with Gasteiger partial charge in [-0.1, -0.05) is 6.07 Å². The molecular weight excluding hydrogens is 321 g/mol. The van der Waals surface area contributed by atoms with Crippen molar-refractivity contribution in [3.05, 3.63) is 17.5 Å². The van der Waals surface area contributed by atoms with Crippen LogP contribution >= 0.6 is 11.3 Å². The molecule has 1 rings (SSSR count). The van der Waals surface area contributed by atoms with Crippen molar-refractivity contribution in [2.24, 2.45) is 0 Å². The predicted octanol–water partition coefficient (Wildman–Crippen LogP) is 1.03. The van der Waals surface area contributed by atoms with Crippen molar-refractivity contribution < 1.29 is 31.2 Å². The topological polar surface area (TPSA) is 84.5 Å². The molecule has 1 aromatic rings. The van der Waals surface area contributed by atoms with E-state index < -0.39 is 28.7 Å². The van der Waals surface area contributed by atoms with Gasteiger partial charge in [0.25, 0.3) is 0 Å². The summed E-state index contributed by atoms with van der Waals surface area (Å²) in [6.07, 6.45) is -4.89. The normalized spacial score (nSPS) is 12.3. The van der Waals surface area contributed by atoms with E-state index in [0.29, 0.717) is 0 Å². The Bertz CT molecular complexity index is 528. The number of halogens is 3. The van der Waals surface area contributed by atoms with Crippen LogP contribution in [0.2, 0.25) is 0 Å². The number of amides is 1. The number of carbonyl (C=O) groups excluding carboxylic acids is 1. The molecule has 114 valence electrons. The number of rotatable bonds is 7. The predicted molar refractivity (Wildman–Crippen MR) is 64.3 cm³/mol. The lowest BCUT2D eigenvalue weighted by Gasteiger charge is -2.08. The van der Waals surface area contributed by atoms with Crippen LogP contribution in [0.4, 0.5) is 13.2 Å². The molecule has 11 heteroatoms.